The van der Waals surface area contributed by atoms with Crippen molar-refractivity contribution in [2.45, 2.75) is 6.92 Å². The molecule has 4 nitrogen and oxygen atoms in total. The highest BCUT2D eigenvalue weighted by atomic mass is 32.1. The highest BCUT2D eigenvalue weighted by Crippen LogP contribution is 2.24. The molecule has 2 N–H and O–H groups in total. The third-order valence-electron chi connectivity index (χ3n) is 2.49. The van der Waals surface area contributed by atoms with Crippen molar-refractivity contribution in [2.24, 2.45) is 0 Å². The summed E-state index contributed by atoms with van der Waals surface area (Å²) in [7, 11) is 0. The summed E-state index contributed by atoms with van der Waals surface area (Å²) in [5, 5.41) is 13.1. The quantitative estimate of drug-likeness (QED) is 0.907. The van der Waals surface area contributed by atoms with Crippen LogP contribution in [0.25, 0.3) is 0 Å². The van der Waals surface area contributed by atoms with Gasteiger partial charge in [-0.3, -0.25) is 4.79 Å². The van der Waals surface area contributed by atoms with Crippen molar-refractivity contribution in [3.63, 3.8) is 0 Å². The fourth-order valence-corrected chi connectivity index (χ4v) is 2.32. The molecule has 1 amide bonds. The zero-order chi connectivity index (χ0) is 14.0. The summed E-state index contributed by atoms with van der Waals surface area (Å²) >= 11 is 1.07. The molecule has 0 spiro atoms. The fraction of sp³-hybridized carbons (Fsp3) is 0.0769. The Morgan fingerprint density at radius 2 is 2.00 bits per heavy atom. The number of rotatable bonds is 3. The molecule has 1 aromatic heterocycles. The maximum Gasteiger partial charge on any atom is 0.338 e. The monoisotopic (exact) mass is 279 g/mol. The molecule has 1 heterocycles. The number of nitrogens with one attached hydrogen (secondary N) is 1. The largest absolute Gasteiger partial charge is 0.478 e. The van der Waals surface area contributed by atoms with E-state index < -0.39 is 17.7 Å². The molecule has 2 aromatic rings. The number of carboxylic acids is 1. The van der Waals surface area contributed by atoms with Gasteiger partial charge in [0.1, 0.15) is 10.8 Å². The Morgan fingerprint density at radius 1 is 1.26 bits per heavy atom. The summed E-state index contributed by atoms with van der Waals surface area (Å²) in [5.41, 5.74) is 0.581. The van der Waals surface area contributed by atoms with E-state index in [0.717, 1.165) is 11.3 Å². The van der Waals surface area contributed by atoms with Gasteiger partial charge in [0.15, 0.2) is 0 Å². The van der Waals surface area contributed by atoms with Gasteiger partial charge in [-0.1, -0.05) is 6.07 Å². The van der Waals surface area contributed by atoms with E-state index in [0.29, 0.717) is 5.56 Å². The van der Waals surface area contributed by atoms with Gasteiger partial charge in [0.2, 0.25) is 0 Å². The van der Waals surface area contributed by atoms with Crippen LogP contribution in [0.5, 0.6) is 0 Å². The summed E-state index contributed by atoms with van der Waals surface area (Å²) in [5.74, 6) is -2.44. The fourth-order valence-electron chi connectivity index (χ4n) is 1.55. The molecule has 0 unspecified atom stereocenters. The van der Waals surface area contributed by atoms with E-state index in [1.54, 1.807) is 18.4 Å². The Hall–Kier alpha value is -2.21. The molecule has 19 heavy (non-hydrogen) atoms. The van der Waals surface area contributed by atoms with Crippen LogP contribution >= 0.6 is 11.3 Å². The molecule has 98 valence electrons. The number of hydrogen-bond donors (Lipinski definition) is 2. The predicted octanol–water partition coefficient (Wildman–Crippen LogP) is 3.15. The average Bonchev–Trinajstić information content (AvgIpc) is 2.76. The lowest BCUT2D eigenvalue weighted by Crippen LogP contribution is -2.14. The number of thiophene rings is 1. The van der Waals surface area contributed by atoms with Gasteiger partial charge in [-0.15, -0.1) is 11.3 Å². The van der Waals surface area contributed by atoms with Crippen LogP contribution in [0.1, 0.15) is 26.3 Å². The number of hydrogen-bond acceptors (Lipinski definition) is 3. The number of carbonyl (C=O) groups excluding carboxylic acids is 1. The molecule has 0 atom stereocenters. The Labute approximate surface area is 112 Å². The van der Waals surface area contributed by atoms with Gasteiger partial charge in [0.05, 0.1) is 11.1 Å². The second kappa shape index (κ2) is 5.19. The van der Waals surface area contributed by atoms with E-state index in [4.69, 9.17) is 5.11 Å². The normalized spacial score (nSPS) is 10.2. The van der Waals surface area contributed by atoms with Gasteiger partial charge in [-0.05, 0) is 36.1 Å². The minimum atomic E-state index is -1.14. The van der Waals surface area contributed by atoms with Gasteiger partial charge in [-0.25, -0.2) is 9.18 Å². The van der Waals surface area contributed by atoms with Gasteiger partial charge < -0.3 is 10.4 Å². The molecule has 0 aliphatic rings. The summed E-state index contributed by atoms with van der Waals surface area (Å²) in [6.45, 7) is 1.71. The molecule has 0 fully saturated rings. The van der Waals surface area contributed by atoms with Crippen LogP contribution in [-0.4, -0.2) is 17.0 Å². The van der Waals surface area contributed by atoms with Crippen LogP contribution in [0.15, 0.2) is 29.6 Å². The Kier molecular flexibility index (Phi) is 3.62. The van der Waals surface area contributed by atoms with Crippen LogP contribution in [-0.2, 0) is 0 Å². The average molecular weight is 279 g/mol. The lowest BCUT2D eigenvalue weighted by Gasteiger charge is -2.05. The molecule has 0 saturated carbocycles. The summed E-state index contributed by atoms with van der Waals surface area (Å²) in [6.07, 6.45) is 0. The van der Waals surface area contributed by atoms with Crippen LogP contribution < -0.4 is 5.32 Å². The molecular formula is C13H10FNO3S. The van der Waals surface area contributed by atoms with Crippen molar-refractivity contribution in [1.29, 1.82) is 0 Å². The minimum absolute atomic E-state index is 0.00845. The van der Waals surface area contributed by atoms with Crippen molar-refractivity contribution in [2.75, 3.05) is 5.32 Å². The molecule has 0 aliphatic carbocycles. The first kappa shape index (κ1) is 13.2. The van der Waals surface area contributed by atoms with Gasteiger partial charge >= 0.3 is 5.97 Å². The zero-order valence-corrected chi connectivity index (χ0v) is 10.8. The molecular weight excluding hydrogens is 269 g/mol. The van der Waals surface area contributed by atoms with E-state index in [-0.39, 0.29) is 16.1 Å². The van der Waals surface area contributed by atoms with Crippen LogP contribution in [0.4, 0.5) is 9.39 Å². The number of benzene rings is 1. The van der Waals surface area contributed by atoms with E-state index in [2.05, 4.69) is 5.32 Å². The summed E-state index contributed by atoms with van der Waals surface area (Å²) in [4.78, 5) is 22.8. The van der Waals surface area contributed by atoms with E-state index in [1.807, 2.05) is 0 Å². The second-order valence-corrected chi connectivity index (χ2v) is 4.82. The summed E-state index contributed by atoms with van der Waals surface area (Å²) in [6, 6.07) is 5.62. The Balaban J connectivity index is 2.26. The molecule has 6 heteroatoms. The van der Waals surface area contributed by atoms with Gasteiger partial charge in [0.25, 0.3) is 5.91 Å². The van der Waals surface area contributed by atoms with E-state index in [1.165, 1.54) is 18.2 Å². The maximum atomic E-state index is 13.6. The van der Waals surface area contributed by atoms with Crippen molar-refractivity contribution in [3.8, 4) is 0 Å². The zero-order valence-electron chi connectivity index (χ0n) is 9.94. The van der Waals surface area contributed by atoms with Gasteiger partial charge in [-0.2, -0.15) is 0 Å². The van der Waals surface area contributed by atoms with Crippen LogP contribution in [0.3, 0.4) is 0 Å². The van der Waals surface area contributed by atoms with Crippen LogP contribution in [0, 0.1) is 12.7 Å². The highest BCUT2D eigenvalue weighted by molar-refractivity contribution is 7.14. The first-order valence-corrected chi connectivity index (χ1v) is 6.25. The van der Waals surface area contributed by atoms with E-state index in [9.17, 15) is 14.0 Å². The van der Waals surface area contributed by atoms with Crippen molar-refractivity contribution in [1.82, 2.24) is 0 Å². The number of carbonyl (C=O) groups is 2. The number of halogens is 1. The van der Waals surface area contributed by atoms with Gasteiger partial charge in [0, 0.05) is 0 Å². The lowest BCUT2D eigenvalue weighted by molar-refractivity contribution is 0.0698. The van der Waals surface area contributed by atoms with Crippen LogP contribution in [0.2, 0.25) is 0 Å². The third-order valence-corrected chi connectivity index (χ3v) is 3.32. The number of anilines is 1. The SMILES string of the molecule is Cc1ccc(C(=O)Nc2sccc2C(=O)O)c(F)c1. The molecule has 0 saturated heterocycles. The smallest absolute Gasteiger partial charge is 0.338 e. The Morgan fingerprint density at radius 3 is 2.63 bits per heavy atom. The number of carboxylic acid groups (broad SMARTS) is 1. The summed E-state index contributed by atoms with van der Waals surface area (Å²) < 4.78 is 13.6. The third kappa shape index (κ3) is 2.79. The maximum absolute atomic E-state index is 13.6. The topological polar surface area (TPSA) is 66.4 Å². The highest BCUT2D eigenvalue weighted by Gasteiger charge is 2.17. The lowest BCUT2D eigenvalue weighted by atomic mass is 10.1. The molecule has 0 bridgehead atoms. The minimum Gasteiger partial charge on any atom is -0.478 e. The van der Waals surface area contributed by atoms with Crippen molar-refractivity contribution in [3.05, 3.63) is 52.2 Å². The first-order chi connectivity index (χ1) is 8.99. The second-order valence-electron chi connectivity index (χ2n) is 3.91. The van der Waals surface area contributed by atoms with Crippen molar-refractivity contribution >= 4 is 28.2 Å². The first-order valence-electron chi connectivity index (χ1n) is 5.37. The standard InChI is InChI=1S/C13H10FNO3S/c1-7-2-3-8(10(14)6-7)11(16)15-12-9(13(17)18)4-5-19-12/h2-6H,1H3,(H,15,16)(H,17,18). The molecule has 0 aliphatic heterocycles. The molecule has 0 radical (unpaired) electrons. The Bertz CT molecular complexity index is 651. The predicted molar refractivity (Wildman–Crippen MR) is 70.4 cm³/mol. The number of aromatic carboxylic acids is 1. The molecule has 2 rings (SSSR count). The van der Waals surface area contributed by atoms with E-state index >= 15 is 0 Å². The number of amides is 1. The number of aryl methyl sites for hydroxylation is 1. The molecule has 1 aromatic carbocycles. The van der Waals surface area contributed by atoms with Crippen molar-refractivity contribution < 1.29 is 19.1 Å².